The van der Waals surface area contributed by atoms with Crippen molar-refractivity contribution in [2.45, 2.75) is 82.3 Å². The zero-order chi connectivity index (χ0) is 29.9. The molecule has 0 bridgehead atoms. The summed E-state index contributed by atoms with van der Waals surface area (Å²) in [5.74, 6) is -4.48. The minimum Gasteiger partial charge on any atom is -0.481 e. The molecule has 0 spiro atoms. The van der Waals surface area contributed by atoms with E-state index in [1.165, 1.54) is 0 Å². The number of aliphatic imine (C=N–C) groups is 1. The first-order chi connectivity index (χ1) is 19.0. The Bertz CT molecular complexity index is 909. The van der Waals surface area contributed by atoms with Crippen LogP contribution in [0.3, 0.4) is 0 Å². The molecule has 16 heteroatoms. The van der Waals surface area contributed by atoms with E-state index in [1.54, 1.807) is 0 Å². The number of hydrogen-bond donors (Lipinski definition) is 9. The molecule has 0 aromatic rings. The number of rotatable bonds is 10. The van der Waals surface area contributed by atoms with Gasteiger partial charge in [-0.05, 0) is 51.5 Å². The highest BCUT2D eigenvalue weighted by Gasteiger charge is 2.28. The van der Waals surface area contributed by atoms with Crippen LogP contribution < -0.4 is 43.8 Å². The summed E-state index contributed by atoms with van der Waals surface area (Å²) in [5.41, 5.74) is 16.2. The summed E-state index contributed by atoms with van der Waals surface area (Å²) in [6, 6.07) is -3.34. The Labute approximate surface area is 233 Å². The van der Waals surface area contributed by atoms with Crippen molar-refractivity contribution in [3.05, 3.63) is 0 Å². The van der Waals surface area contributed by atoms with Crippen molar-refractivity contribution >= 4 is 41.5 Å². The Morgan fingerprint density at radius 3 is 2.12 bits per heavy atom. The standard InChI is InChI=1S/C24H43N9O7/c25-10-4-3-7-16-23(40)33-15(8-6-12-29-24(26)27)21(38)30-14-19(35)32-17(13-20(36)37)22(39)28-11-5-1-2-9-18(34)31-16/h15-17H,1-14,25H2,(H,28,39)(H,30,38)(H,31,34)(H,32,35)(H,33,40)(H,36,37)(H4,26,27,29)/t15-,16-,17-/m0/s1. The molecule has 12 N–H and O–H groups in total. The zero-order valence-corrected chi connectivity index (χ0v) is 22.7. The molecule has 0 aromatic heterocycles. The second kappa shape index (κ2) is 19.2. The van der Waals surface area contributed by atoms with Crippen molar-refractivity contribution in [1.29, 1.82) is 0 Å². The van der Waals surface area contributed by atoms with Gasteiger partial charge in [0.25, 0.3) is 0 Å². The SMILES string of the molecule is NCCCC[C@@H]1NC(=O)CCCCCNC(=O)[C@H](CC(=O)O)NC(=O)CNC(=O)[C@H](CCCN=C(N)N)NC1=O. The Kier molecular flexibility index (Phi) is 16.3. The largest absolute Gasteiger partial charge is 0.481 e. The average Bonchev–Trinajstić information content (AvgIpc) is 2.88. The van der Waals surface area contributed by atoms with Gasteiger partial charge < -0.3 is 48.9 Å². The molecular formula is C24H43N9O7. The normalized spacial score (nSPS) is 22.2. The summed E-state index contributed by atoms with van der Waals surface area (Å²) in [4.78, 5) is 78.6. The van der Waals surface area contributed by atoms with Crippen molar-refractivity contribution in [3.8, 4) is 0 Å². The maximum atomic E-state index is 13.2. The molecule has 1 aliphatic rings. The van der Waals surface area contributed by atoms with Crippen molar-refractivity contribution in [1.82, 2.24) is 26.6 Å². The van der Waals surface area contributed by atoms with Crippen LogP contribution in [0.1, 0.15) is 64.2 Å². The zero-order valence-electron chi connectivity index (χ0n) is 22.7. The van der Waals surface area contributed by atoms with Crippen LogP contribution in [0.2, 0.25) is 0 Å². The first kappa shape index (κ1) is 34.1. The molecule has 3 atom stereocenters. The Balaban J connectivity index is 3.11. The van der Waals surface area contributed by atoms with Crippen molar-refractivity contribution < 1.29 is 33.9 Å². The third kappa shape index (κ3) is 14.8. The maximum Gasteiger partial charge on any atom is 0.305 e. The van der Waals surface area contributed by atoms with Gasteiger partial charge in [-0.2, -0.15) is 0 Å². The molecule has 1 saturated heterocycles. The van der Waals surface area contributed by atoms with E-state index in [1.807, 2.05) is 0 Å². The minimum atomic E-state index is -1.35. The number of carbonyl (C=O) groups excluding carboxylic acids is 5. The summed E-state index contributed by atoms with van der Waals surface area (Å²) >= 11 is 0. The predicted molar refractivity (Wildman–Crippen MR) is 145 cm³/mol. The molecule has 5 amide bonds. The van der Waals surface area contributed by atoms with Gasteiger partial charge in [0.05, 0.1) is 13.0 Å². The molecule has 1 heterocycles. The van der Waals surface area contributed by atoms with Gasteiger partial charge in [-0.3, -0.25) is 33.8 Å². The molecule has 1 fully saturated rings. The monoisotopic (exact) mass is 569 g/mol. The van der Waals surface area contributed by atoms with Crippen LogP contribution in [0.4, 0.5) is 0 Å². The lowest BCUT2D eigenvalue weighted by Gasteiger charge is -2.23. The molecule has 0 saturated carbocycles. The summed E-state index contributed by atoms with van der Waals surface area (Å²) in [6.45, 7) is 0.253. The van der Waals surface area contributed by atoms with Gasteiger partial charge in [-0.1, -0.05) is 6.42 Å². The molecule has 1 rings (SSSR count). The molecular weight excluding hydrogens is 526 g/mol. The second-order valence-corrected chi connectivity index (χ2v) is 9.45. The molecule has 1 aliphatic heterocycles. The minimum absolute atomic E-state index is 0.115. The highest BCUT2D eigenvalue weighted by Crippen LogP contribution is 2.07. The summed E-state index contributed by atoms with van der Waals surface area (Å²) in [5, 5.41) is 21.8. The Morgan fingerprint density at radius 2 is 1.45 bits per heavy atom. The first-order valence-corrected chi connectivity index (χ1v) is 13.4. The van der Waals surface area contributed by atoms with Gasteiger partial charge >= 0.3 is 5.97 Å². The van der Waals surface area contributed by atoms with Crippen molar-refractivity contribution in [2.75, 3.05) is 26.2 Å². The van der Waals surface area contributed by atoms with Gasteiger partial charge in [0.1, 0.15) is 18.1 Å². The molecule has 0 aliphatic carbocycles. The van der Waals surface area contributed by atoms with Gasteiger partial charge in [0.2, 0.25) is 29.5 Å². The van der Waals surface area contributed by atoms with Crippen LogP contribution in [0, 0.1) is 0 Å². The van der Waals surface area contributed by atoms with Crippen LogP contribution in [-0.2, 0) is 28.8 Å². The molecule has 40 heavy (non-hydrogen) atoms. The Hall–Kier alpha value is -3.95. The first-order valence-electron chi connectivity index (χ1n) is 13.4. The average molecular weight is 570 g/mol. The summed E-state index contributed by atoms with van der Waals surface area (Å²) in [7, 11) is 0. The lowest BCUT2D eigenvalue weighted by Crippen LogP contribution is -2.55. The number of nitrogens with zero attached hydrogens (tertiary/aromatic N) is 1. The van der Waals surface area contributed by atoms with Crippen molar-refractivity contribution in [2.24, 2.45) is 22.2 Å². The lowest BCUT2D eigenvalue weighted by atomic mass is 10.1. The van der Waals surface area contributed by atoms with Gasteiger partial charge in [0.15, 0.2) is 5.96 Å². The number of guanidine groups is 1. The fourth-order valence-electron chi connectivity index (χ4n) is 3.91. The molecule has 0 unspecified atom stereocenters. The molecule has 0 radical (unpaired) electrons. The highest BCUT2D eigenvalue weighted by atomic mass is 16.4. The molecule has 16 nitrogen and oxygen atoms in total. The van der Waals surface area contributed by atoms with Gasteiger partial charge in [0, 0.05) is 19.5 Å². The quantitative estimate of drug-likeness (QED) is 0.0726. The number of nitrogens with one attached hydrogen (secondary N) is 5. The number of hydrogen-bond acceptors (Lipinski definition) is 8. The number of carboxylic acid groups (broad SMARTS) is 1. The fourth-order valence-corrected chi connectivity index (χ4v) is 3.91. The summed E-state index contributed by atoms with van der Waals surface area (Å²) in [6.07, 6.45) is 3.06. The van der Waals surface area contributed by atoms with Crippen LogP contribution in [0.25, 0.3) is 0 Å². The Morgan fingerprint density at radius 1 is 0.800 bits per heavy atom. The number of unbranched alkanes of at least 4 members (excludes halogenated alkanes) is 1. The van der Waals surface area contributed by atoms with Crippen molar-refractivity contribution in [3.63, 3.8) is 0 Å². The number of aliphatic carboxylic acids is 1. The maximum absolute atomic E-state index is 13.2. The fraction of sp³-hybridized carbons (Fsp3) is 0.708. The van der Waals surface area contributed by atoms with Crippen LogP contribution in [0.5, 0.6) is 0 Å². The highest BCUT2D eigenvalue weighted by molar-refractivity contribution is 5.95. The van der Waals surface area contributed by atoms with E-state index in [9.17, 15) is 28.8 Å². The van der Waals surface area contributed by atoms with E-state index in [0.29, 0.717) is 51.5 Å². The van der Waals surface area contributed by atoms with E-state index in [4.69, 9.17) is 22.3 Å². The van der Waals surface area contributed by atoms with E-state index in [2.05, 4.69) is 31.6 Å². The third-order valence-corrected chi connectivity index (χ3v) is 6.01. The predicted octanol–water partition coefficient (Wildman–Crippen LogP) is -3.10. The number of amides is 5. The molecule has 0 aromatic carbocycles. The van der Waals surface area contributed by atoms with E-state index < -0.39 is 60.7 Å². The second-order valence-electron chi connectivity index (χ2n) is 9.45. The number of carboxylic acids is 1. The van der Waals surface area contributed by atoms with Crippen LogP contribution in [-0.4, -0.2) is 90.9 Å². The smallest absolute Gasteiger partial charge is 0.305 e. The topological polar surface area (TPSA) is 273 Å². The third-order valence-electron chi connectivity index (χ3n) is 6.01. The van der Waals surface area contributed by atoms with E-state index in [0.717, 1.165) is 0 Å². The van der Waals surface area contributed by atoms with E-state index in [-0.39, 0.29) is 37.8 Å². The lowest BCUT2D eigenvalue weighted by molar-refractivity contribution is -0.140. The number of nitrogens with two attached hydrogens (primary N) is 3. The number of carbonyl (C=O) groups is 6. The van der Waals surface area contributed by atoms with Crippen LogP contribution in [0.15, 0.2) is 4.99 Å². The van der Waals surface area contributed by atoms with Gasteiger partial charge in [-0.15, -0.1) is 0 Å². The van der Waals surface area contributed by atoms with Crippen LogP contribution >= 0.6 is 0 Å². The van der Waals surface area contributed by atoms with E-state index >= 15 is 0 Å². The molecule has 226 valence electrons. The van der Waals surface area contributed by atoms with Gasteiger partial charge in [-0.25, -0.2) is 0 Å². The summed E-state index contributed by atoms with van der Waals surface area (Å²) < 4.78 is 0.